The van der Waals surface area contributed by atoms with E-state index in [2.05, 4.69) is 30.3 Å². The van der Waals surface area contributed by atoms with E-state index in [9.17, 15) is 4.79 Å². The molecule has 6 aromatic rings. The molecule has 6 rings (SSSR count). The SMILES string of the molecule is O=c1c2ccccc2sc2nc3ccc4c5ccccc5sc4c3n12. The Morgan fingerprint density at radius 3 is 2.32 bits per heavy atom. The molecule has 3 heterocycles. The summed E-state index contributed by atoms with van der Waals surface area (Å²) in [6.07, 6.45) is 0. The summed E-state index contributed by atoms with van der Waals surface area (Å²) >= 11 is 3.29. The fraction of sp³-hybridized carbons (Fsp3) is 0. The van der Waals surface area contributed by atoms with Crippen molar-refractivity contribution in [1.82, 2.24) is 9.38 Å². The van der Waals surface area contributed by atoms with E-state index >= 15 is 0 Å². The van der Waals surface area contributed by atoms with Gasteiger partial charge in [-0.3, -0.25) is 4.79 Å². The van der Waals surface area contributed by atoms with E-state index in [0.29, 0.717) is 0 Å². The summed E-state index contributed by atoms with van der Waals surface area (Å²) in [5.74, 6) is 0. The monoisotopic (exact) mass is 358 g/mol. The molecule has 0 saturated carbocycles. The van der Waals surface area contributed by atoms with Gasteiger partial charge in [-0.05, 0) is 24.3 Å². The van der Waals surface area contributed by atoms with Gasteiger partial charge in [0.15, 0.2) is 4.96 Å². The first-order valence-corrected chi connectivity index (χ1v) is 9.59. The van der Waals surface area contributed by atoms with E-state index in [-0.39, 0.29) is 5.56 Å². The second-order valence-corrected chi connectivity index (χ2v) is 8.10. The Morgan fingerprint density at radius 2 is 1.48 bits per heavy atom. The maximum Gasteiger partial charge on any atom is 0.266 e. The number of hydrogen-bond donors (Lipinski definition) is 0. The number of fused-ring (bicyclic) bond motifs is 8. The predicted molar refractivity (Wildman–Crippen MR) is 107 cm³/mol. The molecule has 0 aliphatic carbocycles. The van der Waals surface area contributed by atoms with E-state index < -0.39 is 0 Å². The van der Waals surface area contributed by atoms with Gasteiger partial charge in [0.2, 0.25) is 0 Å². The molecule has 25 heavy (non-hydrogen) atoms. The summed E-state index contributed by atoms with van der Waals surface area (Å²) in [6.45, 7) is 0. The molecule has 5 heteroatoms. The van der Waals surface area contributed by atoms with Crippen LogP contribution in [-0.2, 0) is 0 Å². The van der Waals surface area contributed by atoms with Gasteiger partial charge < -0.3 is 0 Å². The van der Waals surface area contributed by atoms with Crippen LogP contribution >= 0.6 is 22.7 Å². The third-order valence-electron chi connectivity index (χ3n) is 4.65. The van der Waals surface area contributed by atoms with Crippen LogP contribution in [0.1, 0.15) is 0 Å². The average molecular weight is 358 g/mol. The highest BCUT2D eigenvalue weighted by Crippen LogP contribution is 2.38. The zero-order chi connectivity index (χ0) is 16.5. The molecule has 0 aliphatic rings. The van der Waals surface area contributed by atoms with Crippen LogP contribution in [0.25, 0.3) is 46.3 Å². The van der Waals surface area contributed by atoms with Crippen LogP contribution in [0.2, 0.25) is 0 Å². The lowest BCUT2D eigenvalue weighted by Gasteiger charge is -1.99. The van der Waals surface area contributed by atoms with E-state index in [1.807, 2.05) is 30.3 Å². The first-order valence-electron chi connectivity index (χ1n) is 7.95. The van der Waals surface area contributed by atoms with Crippen molar-refractivity contribution < 1.29 is 0 Å². The standard InChI is InChI=1S/C20H10N2OS2/c23-19-13-6-2-4-8-16(13)25-20-21-14-10-9-12-11-5-1-3-7-15(11)24-18(12)17(14)22(19)20/h1-10H. The summed E-state index contributed by atoms with van der Waals surface area (Å²) in [5, 5.41) is 3.17. The molecule has 3 aromatic carbocycles. The molecule has 0 saturated heterocycles. The van der Waals surface area contributed by atoms with Crippen LogP contribution in [0.5, 0.6) is 0 Å². The second-order valence-electron chi connectivity index (χ2n) is 6.04. The van der Waals surface area contributed by atoms with Crippen molar-refractivity contribution in [2.24, 2.45) is 0 Å². The summed E-state index contributed by atoms with van der Waals surface area (Å²) in [6, 6.07) is 20.3. The summed E-state index contributed by atoms with van der Waals surface area (Å²) in [7, 11) is 0. The van der Waals surface area contributed by atoms with E-state index in [1.54, 1.807) is 27.1 Å². The molecule has 0 radical (unpaired) electrons. The molecule has 0 aliphatic heterocycles. The second kappa shape index (κ2) is 4.65. The fourth-order valence-electron chi connectivity index (χ4n) is 3.53. The Kier molecular flexibility index (Phi) is 2.52. The lowest BCUT2D eigenvalue weighted by molar-refractivity contribution is 1.21. The third kappa shape index (κ3) is 1.69. The van der Waals surface area contributed by atoms with Crippen LogP contribution < -0.4 is 5.56 Å². The summed E-state index contributed by atoms with van der Waals surface area (Å²) < 4.78 is 5.13. The Morgan fingerprint density at radius 1 is 0.760 bits per heavy atom. The van der Waals surface area contributed by atoms with Gasteiger partial charge in [-0.1, -0.05) is 47.7 Å². The minimum Gasteiger partial charge on any atom is -0.268 e. The van der Waals surface area contributed by atoms with Crippen molar-refractivity contribution in [1.29, 1.82) is 0 Å². The molecule has 0 atom stereocenters. The molecular weight excluding hydrogens is 348 g/mol. The average Bonchev–Trinajstić information content (AvgIpc) is 3.19. The smallest absolute Gasteiger partial charge is 0.266 e. The fourth-order valence-corrected chi connectivity index (χ4v) is 5.78. The Labute approximate surface area is 149 Å². The Hall–Kier alpha value is -2.76. The molecule has 118 valence electrons. The lowest BCUT2D eigenvalue weighted by atomic mass is 10.1. The van der Waals surface area contributed by atoms with Gasteiger partial charge in [0.25, 0.3) is 5.56 Å². The van der Waals surface area contributed by atoms with Gasteiger partial charge in [-0.15, -0.1) is 11.3 Å². The van der Waals surface area contributed by atoms with E-state index in [4.69, 9.17) is 4.98 Å². The zero-order valence-electron chi connectivity index (χ0n) is 12.9. The van der Waals surface area contributed by atoms with Crippen molar-refractivity contribution in [3.05, 3.63) is 71.0 Å². The molecule has 0 amide bonds. The number of rotatable bonds is 0. The predicted octanol–water partition coefficient (Wildman–Crippen LogP) is 5.43. The van der Waals surface area contributed by atoms with E-state index in [0.717, 1.165) is 30.8 Å². The topological polar surface area (TPSA) is 34.4 Å². The third-order valence-corrected chi connectivity index (χ3v) is 6.88. The van der Waals surface area contributed by atoms with E-state index in [1.165, 1.54) is 15.5 Å². The zero-order valence-corrected chi connectivity index (χ0v) is 14.5. The normalized spacial score (nSPS) is 12.2. The molecule has 0 unspecified atom stereocenters. The number of nitrogens with zero attached hydrogens (tertiary/aromatic N) is 2. The van der Waals surface area contributed by atoms with Gasteiger partial charge in [-0.25, -0.2) is 9.38 Å². The number of hydrogen-bond acceptors (Lipinski definition) is 4. The van der Waals surface area contributed by atoms with Crippen LogP contribution in [0.4, 0.5) is 0 Å². The Balaban J connectivity index is 1.95. The minimum absolute atomic E-state index is 0.0109. The molecule has 0 N–H and O–H groups in total. The van der Waals surface area contributed by atoms with Gasteiger partial charge in [0.05, 0.1) is 21.1 Å². The first-order chi connectivity index (χ1) is 12.3. The molecule has 3 nitrogen and oxygen atoms in total. The highest BCUT2D eigenvalue weighted by Gasteiger charge is 2.16. The van der Waals surface area contributed by atoms with Gasteiger partial charge in [0.1, 0.15) is 0 Å². The molecular formula is C20H10N2OS2. The van der Waals surface area contributed by atoms with Crippen LogP contribution in [0.15, 0.2) is 65.5 Å². The van der Waals surface area contributed by atoms with Crippen molar-refractivity contribution in [3.63, 3.8) is 0 Å². The van der Waals surface area contributed by atoms with Crippen LogP contribution in [0.3, 0.4) is 0 Å². The van der Waals surface area contributed by atoms with Crippen molar-refractivity contribution >= 4 is 68.9 Å². The maximum atomic E-state index is 13.2. The van der Waals surface area contributed by atoms with Gasteiger partial charge in [0, 0.05) is 20.2 Å². The number of aromatic nitrogens is 2. The number of imidazole rings is 1. The molecule has 3 aromatic heterocycles. The maximum absolute atomic E-state index is 13.2. The number of benzene rings is 3. The highest BCUT2D eigenvalue weighted by atomic mass is 32.1. The van der Waals surface area contributed by atoms with Gasteiger partial charge >= 0.3 is 0 Å². The number of thiophene rings is 1. The molecule has 0 fully saturated rings. The summed E-state index contributed by atoms with van der Waals surface area (Å²) in [5.41, 5.74) is 1.82. The van der Waals surface area contributed by atoms with Crippen molar-refractivity contribution in [2.75, 3.05) is 0 Å². The van der Waals surface area contributed by atoms with Crippen LogP contribution in [0, 0.1) is 0 Å². The molecule has 0 spiro atoms. The quantitative estimate of drug-likeness (QED) is 0.363. The summed E-state index contributed by atoms with van der Waals surface area (Å²) in [4.78, 5) is 18.6. The van der Waals surface area contributed by atoms with Crippen molar-refractivity contribution in [3.8, 4) is 0 Å². The van der Waals surface area contributed by atoms with Crippen LogP contribution in [-0.4, -0.2) is 9.38 Å². The van der Waals surface area contributed by atoms with Crippen molar-refractivity contribution in [2.45, 2.75) is 0 Å². The Bertz CT molecular complexity index is 1520. The first kappa shape index (κ1) is 13.5. The molecule has 0 bridgehead atoms. The minimum atomic E-state index is 0.0109. The lowest BCUT2D eigenvalue weighted by Crippen LogP contribution is -2.11. The largest absolute Gasteiger partial charge is 0.268 e. The highest BCUT2D eigenvalue weighted by molar-refractivity contribution is 7.26. The van der Waals surface area contributed by atoms with Gasteiger partial charge in [-0.2, -0.15) is 0 Å².